The van der Waals surface area contributed by atoms with E-state index in [0.717, 1.165) is 4.90 Å². The van der Waals surface area contributed by atoms with Gasteiger partial charge in [0.1, 0.15) is 11.5 Å². The Morgan fingerprint density at radius 1 is 0.913 bits per heavy atom. The summed E-state index contributed by atoms with van der Waals surface area (Å²) in [6, 6.07) is 26.8. The fraction of sp³-hybridized carbons (Fsp3) is 0.0303. The van der Waals surface area contributed by atoms with Crippen molar-refractivity contribution < 1.29 is 23.7 Å². The molecule has 46 heavy (non-hydrogen) atoms. The minimum Gasteiger partial charge on any atom is -0.321 e. The number of nitro groups is 1. The SMILES string of the molecule is O=C(CSc1ccc(NC(=O)/C(=C/c2ccc(F)cc2)NC(=O)c2ccccc2)cc1)Nc1nc(-c2cccc([N+](=O)[O-])c2)cs1. The van der Waals surface area contributed by atoms with Crippen molar-refractivity contribution in [3.63, 3.8) is 0 Å². The molecule has 4 aromatic carbocycles. The molecule has 0 atom stereocenters. The Bertz CT molecular complexity index is 1910. The van der Waals surface area contributed by atoms with Gasteiger partial charge in [0.2, 0.25) is 5.91 Å². The van der Waals surface area contributed by atoms with Crippen LogP contribution in [0.5, 0.6) is 0 Å². The van der Waals surface area contributed by atoms with Crippen LogP contribution < -0.4 is 16.0 Å². The van der Waals surface area contributed by atoms with Gasteiger partial charge < -0.3 is 16.0 Å². The summed E-state index contributed by atoms with van der Waals surface area (Å²) in [7, 11) is 0. The Morgan fingerprint density at radius 2 is 1.65 bits per heavy atom. The topological polar surface area (TPSA) is 143 Å². The first-order valence-corrected chi connectivity index (χ1v) is 15.5. The highest BCUT2D eigenvalue weighted by Crippen LogP contribution is 2.28. The van der Waals surface area contributed by atoms with Gasteiger partial charge in [0.15, 0.2) is 5.13 Å². The van der Waals surface area contributed by atoms with Crippen LogP contribution in [0.2, 0.25) is 0 Å². The Labute approximate surface area is 270 Å². The van der Waals surface area contributed by atoms with E-state index >= 15 is 0 Å². The number of hydrogen-bond donors (Lipinski definition) is 3. The molecule has 13 heteroatoms. The molecule has 5 aromatic rings. The van der Waals surface area contributed by atoms with Gasteiger partial charge in [0.05, 0.1) is 16.4 Å². The molecule has 10 nitrogen and oxygen atoms in total. The molecular formula is C33H24FN5O5S2. The fourth-order valence-electron chi connectivity index (χ4n) is 4.05. The molecule has 0 bridgehead atoms. The molecule has 0 radical (unpaired) electrons. The lowest BCUT2D eigenvalue weighted by Crippen LogP contribution is -2.30. The van der Waals surface area contributed by atoms with Crippen molar-refractivity contribution >= 4 is 63.4 Å². The van der Waals surface area contributed by atoms with Crippen LogP contribution in [0, 0.1) is 15.9 Å². The summed E-state index contributed by atoms with van der Waals surface area (Å²) in [6.07, 6.45) is 1.45. The monoisotopic (exact) mass is 653 g/mol. The second-order valence-electron chi connectivity index (χ2n) is 9.59. The van der Waals surface area contributed by atoms with Gasteiger partial charge in [0.25, 0.3) is 17.5 Å². The third kappa shape index (κ3) is 8.71. The molecule has 3 amide bonds. The van der Waals surface area contributed by atoms with Crippen molar-refractivity contribution in [1.82, 2.24) is 10.3 Å². The van der Waals surface area contributed by atoms with Crippen LogP contribution in [0.25, 0.3) is 17.3 Å². The zero-order chi connectivity index (χ0) is 32.5. The summed E-state index contributed by atoms with van der Waals surface area (Å²) in [6.45, 7) is 0. The normalized spacial score (nSPS) is 11.0. The van der Waals surface area contributed by atoms with Crippen LogP contribution in [-0.4, -0.2) is 33.4 Å². The molecule has 5 rings (SSSR count). The molecule has 1 aromatic heterocycles. The molecule has 0 aliphatic rings. The van der Waals surface area contributed by atoms with Crippen molar-refractivity contribution in [3.8, 4) is 11.3 Å². The lowest BCUT2D eigenvalue weighted by atomic mass is 10.1. The maximum atomic E-state index is 13.4. The number of amides is 3. The molecule has 1 heterocycles. The number of halogens is 1. The van der Waals surface area contributed by atoms with Crippen LogP contribution in [0.15, 0.2) is 119 Å². The molecule has 0 aliphatic heterocycles. The highest BCUT2D eigenvalue weighted by molar-refractivity contribution is 8.00. The summed E-state index contributed by atoms with van der Waals surface area (Å²) in [5, 5.41) is 21.3. The van der Waals surface area contributed by atoms with Crippen molar-refractivity contribution in [3.05, 3.63) is 141 Å². The molecule has 0 aliphatic carbocycles. The lowest BCUT2D eigenvalue weighted by molar-refractivity contribution is -0.384. The highest BCUT2D eigenvalue weighted by atomic mass is 32.2. The fourth-order valence-corrected chi connectivity index (χ4v) is 5.48. The first kappa shape index (κ1) is 31.8. The van der Waals surface area contributed by atoms with Crippen molar-refractivity contribution in [2.75, 3.05) is 16.4 Å². The van der Waals surface area contributed by atoms with Crippen LogP contribution >= 0.6 is 23.1 Å². The molecular weight excluding hydrogens is 630 g/mol. The molecule has 3 N–H and O–H groups in total. The third-order valence-electron chi connectivity index (χ3n) is 6.30. The quantitative estimate of drug-likeness (QED) is 0.0603. The molecule has 0 unspecified atom stereocenters. The molecule has 230 valence electrons. The minimum absolute atomic E-state index is 0.0357. The average Bonchev–Trinajstić information content (AvgIpc) is 3.54. The van der Waals surface area contributed by atoms with Gasteiger partial charge in [-0.3, -0.25) is 24.5 Å². The Kier molecular flexibility index (Phi) is 10.3. The predicted octanol–water partition coefficient (Wildman–Crippen LogP) is 7.00. The summed E-state index contributed by atoms with van der Waals surface area (Å²) < 4.78 is 13.4. The Hall–Kier alpha value is -5.66. The smallest absolute Gasteiger partial charge is 0.272 e. The first-order chi connectivity index (χ1) is 22.2. The van der Waals surface area contributed by atoms with E-state index < -0.39 is 22.6 Å². The number of hydrogen-bond acceptors (Lipinski definition) is 8. The van der Waals surface area contributed by atoms with Gasteiger partial charge in [0, 0.05) is 39.2 Å². The van der Waals surface area contributed by atoms with Gasteiger partial charge in [-0.1, -0.05) is 42.5 Å². The maximum absolute atomic E-state index is 13.4. The van der Waals surface area contributed by atoms with Crippen LogP contribution in [-0.2, 0) is 9.59 Å². The molecule has 0 saturated carbocycles. The van der Waals surface area contributed by atoms with E-state index in [0.29, 0.717) is 33.2 Å². The number of thiazole rings is 1. The second kappa shape index (κ2) is 14.9. The van der Waals surface area contributed by atoms with Gasteiger partial charge >= 0.3 is 0 Å². The summed E-state index contributed by atoms with van der Waals surface area (Å²) in [4.78, 5) is 54.2. The number of anilines is 2. The van der Waals surface area contributed by atoms with E-state index in [1.54, 1.807) is 72.1 Å². The van der Waals surface area contributed by atoms with Gasteiger partial charge in [-0.15, -0.1) is 23.1 Å². The van der Waals surface area contributed by atoms with E-state index in [4.69, 9.17) is 0 Å². The van der Waals surface area contributed by atoms with Crippen molar-refractivity contribution in [2.24, 2.45) is 0 Å². The Morgan fingerprint density at radius 3 is 2.37 bits per heavy atom. The number of carbonyl (C=O) groups is 3. The number of benzene rings is 4. The summed E-state index contributed by atoms with van der Waals surface area (Å²) in [5.41, 5.74) is 2.34. The Balaban J connectivity index is 1.18. The van der Waals surface area contributed by atoms with E-state index in [-0.39, 0.29) is 23.0 Å². The predicted molar refractivity (Wildman–Crippen MR) is 177 cm³/mol. The zero-order valence-electron chi connectivity index (χ0n) is 23.8. The minimum atomic E-state index is -0.582. The van der Waals surface area contributed by atoms with E-state index in [2.05, 4.69) is 20.9 Å². The molecule has 0 spiro atoms. The van der Waals surface area contributed by atoms with E-state index in [1.807, 2.05) is 0 Å². The highest BCUT2D eigenvalue weighted by Gasteiger charge is 2.16. The maximum Gasteiger partial charge on any atom is 0.272 e. The number of thioether (sulfide) groups is 1. The van der Waals surface area contributed by atoms with Crippen LogP contribution in [0.3, 0.4) is 0 Å². The van der Waals surface area contributed by atoms with Crippen LogP contribution in [0.4, 0.5) is 20.9 Å². The van der Waals surface area contributed by atoms with Gasteiger partial charge in [-0.05, 0) is 60.2 Å². The molecule has 0 saturated heterocycles. The number of aromatic nitrogens is 1. The summed E-state index contributed by atoms with van der Waals surface area (Å²) >= 11 is 2.49. The third-order valence-corrected chi connectivity index (χ3v) is 8.06. The van der Waals surface area contributed by atoms with Gasteiger partial charge in [-0.25, -0.2) is 9.37 Å². The van der Waals surface area contributed by atoms with Crippen LogP contribution in [0.1, 0.15) is 15.9 Å². The first-order valence-electron chi connectivity index (χ1n) is 13.6. The number of nitro benzene ring substituents is 1. The second-order valence-corrected chi connectivity index (χ2v) is 11.5. The molecule has 0 fully saturated rings. The van der Waals surface area contributed by atoms with Gasteiger partial charge in [-0.2, -0.15) is 0 Å². The number of nitrogens with zero attached hydrogens (tertiary/aromatic N) is 2. The largest absolute Gasteiger partial charge is 0.321 e. The summed E-state index contributed by atoms with van der Waals surface area (Å²) in [5.74, 6) is -1.68. The zero-order valence-corrected chi connectivity index (χ0v) is 25.4. The van der Waals surface area contributed by atoms with E-state index in [1.165, 1.54) is 65.6 Å². The number of rotatable bonds is 11. The number of non-ortho nitro benzene ring substituents is 1. The lowest BCUT2D eigenvalue weighted by Gasteiger charge is -2.12. The standard InChI is InChI=1S/C33H24FN5O5S2/c34-24-11-9-21(10-12-24)17-28(36-31(41)22-5-2-1-3-6-22)32(42)35-25-13-15-27(16-14-25)45-20-30(40)38-33-37-29(19-46-33)23-7-4-8-26(18-23)39(43)44/h1-19H,20H2,(H,35,42)(H,36,41)(H,37,38,40)/b28-17-. The van der Waals surface area contributed by atoms with Crippen molar-refractivity contribution in [1.29, 1.82) is 0 Å². The number of nitrogens with one attached hydrogen (secondary N) is 3. The van der Waals surface area contributed by atoms with E-state index in [9.17, 15) is 28.9 Å². The average molecular weight is 654 g/mol. The number of carbonyl (C=O) groups excluding carboxylic acids is 3. The van der Waals surface area contributed by atoms with Crippen molar-refractivity contribution in [2.45, 2.75) is 4.90 Å².